The number of hydrogen-bond acceptors (Lipinski definition) is 4. The van der Waals surface area contributed by atoms with Gasteiger partial charge in [0.15, 0.2) is 0 Å². The maximum atomic E-state index is 10.4. The van der Waals surface area contributed by atoms with E-state index in [0.29, 0.717) is 12.2 Å². The van der Waals surface area contributed by atoms with Gasteiger partial charge in [-0.15, -0.1) is 17.9 Å². The predicted octanol–water partition coefficient (Wildman–Crippen LogP) is 1.05. The van der Waals surface area contributed by atoms with E-state index in [9.17, 15) is 4.79 Å². The molecule has 4 nitrogen and oxygen atoms in total. The van der Waals surface area contributed by atoms with Crippen LogP contribution in [-0.4, -0.2) is 22.6 Å². The van der Waals surface area contributed by atoms with Gasteiger partial charge in [0.25, 0.3) is 0 Å². The Morgan fingerprint density at radius 3 is 3.21 bits per heavy atom. The smallest absolute Gasteiger partial charge is 0.309 e. The highest BCUT2D eigenvalue weighted by atomic mass is 32.1. The van der Waals surface area contributed by atoms with Crippen LogP contribution in [0.3, 0.4) is 0 Å². The van der Waals surface area contributed by atoms with Crippen molar-refractivity contribution in [1.82, 2.24) is 10.3 Å². The standard InChI is InChI=1S/C9H12N2O2S/c1-2-3-10-5-8-11-7(6-14-8)4-9(12)13/h2,6,10H,1,3-5H2,(H,12,13). The third kappa shape index (κ3) is 3.68. The fraction of sp³-hybridized carbons (Fsp3) is 0.333. The molecule has 1 rings (SSSR count). The number of nitrogens with zero attached hydrogens (tertiary/aromatic N) is 1. The highest BCUT2D eigenvalue weighted by Gasteiger charge is 2.05. The molecular weight excluding hydrogens is 200 g/mol. The number of carbonyl (C=O) groups is 1. The Morgan fingerprint density at radius 2 is 2.57 bits per heavy atom. The lowest BCUT2D eigenvalue weighted by Gasteiger charge is -1.95. The lowest BCUT2D eigenvalue weighted by atomic mass is 10.3. The second-order valence-corrected chi connectivity index (χ2v) is 3.67. The zero-order valence-corrected chi connectivity index (χ0v) is 8.51. The molecule has 5 heteroatoms. The van der Waals surface area contributed by atoms with Crippen LogP contribution in [-0.2, 0) is 17.8 Å². The van der Waals surface area contributed by atoms with Gasteiger partial charge < -0.3 is 10.4 Å². The third-order valence-corrected chi connectivity index (χ3v) is 2.39. The molecule has 0 aliphatic heterocycles. The van der Waals surface area contributed by atoms with Gasteiger partial charge in [-0.25, -0.2) is 4.98 Å². The van der Waals surface area contributed by atoms with Gasteiger partial charge in [0.2, 0.25) is 0 Å². The number of aromatic nitrogens is 1. The van der Waals surface area contributed by atoms with E-state index < -0.39 is 5.97 Å². The van der Waals surface area contributed by atoms with Crippen LogP contribution in [0.1, 0.15) is 10.7 Å². The number of carboxylic acid groups (broad SMARTS) is 1. The first-order valence-electron chi connectivity index (χ1n) is 4.19. The van der Waals surface area contributed by atoms with Gasteiger partial charge in [-0.1, -0.05) is 6.08 Å². The minimum Gasteiger partial charge on any atom is -0.481 e. The molecule has 0 saturated heterocycles. The predicted molar refractivity (Wildman–Crippen MR) is 55.4 cm³/mol. The highest BCUT2D eigenvalue weighted by molar-refractivity contribution is 7.09. The SMILES string of the molecule is C=CCNCc1nc(CC(=O)O)cs1. The van der Waals surface area contributed by atoms with Gasteiger partial charge in [0.05, 0.1) is 12.1 Å². The maximum absolute atomic E-state index is 10.4. The number of thiazole rings is 1. The Hall–Kier alpha value is -1.20. The largest absolute Gasteiger partial charge is 0.481 e. The molecule has 76 valence electrons. The van der Waals surface area contributed by atoms with Crippen LogP contribution in [0.15, 0.2) is 18.0 Å². The minimum absolute atomic E-state index is 0.00203. The molecule has 0 unspecified atom stereocenters. The van der Waals surface area contributed by atoms with E-state index in [-0.39, 0.29) is 6.42 Å². The zero-order valence-electron chi connectivity index (χ0n) is 7.69. The first-order valence-corrected chi connectivity index (χ1v) is 5.07. The van der Waals surface area contributed by atoms with Crippen molar-refractivity contribution in [3.8, 4) is 0 Å². The summed E-state index contributed by atoms with van der Waals surface area (Å²) in [5.41, 5.74) is 0.623. The topological polar surface area (TPSA) is 62.2 Å². The molecule has 1 aromatic rings. The monoisotopic (exact) mass is 212 g/mol. The molecule has 0 fully saturated rings. The van der Waals surface area contributed by atoms with Crippen molar-refractivity contribution in [3.63, 3.8) is 0 Å². The summed E-state index contributed by atoms with van der Waals surface area (Å²) >= 11 is 1.47. The van der Waals surface area contributed by atoms with Gasteiger partial charge in [0, 0.05) is 18.5 Å². The Kier molecular flexibility index (Phi) is 4.28. The fourth-order valence-electron chi connectivity index (χ4n) is 0.947. The third-order valence-electron chi connectivity index (χ3n) is 1.50. The molecule has 14 heavy (non-hydrogen) atoms. The number of rotatable bonds is 6. The number of carboxylic acids is 1. The molecule has 0 saturated carbocycles. The quantitative estimate of drug-likeness (QED) is 0.546. The van der Waals surface area contributed by atoms with Crippen LogP contribution in [0.4, 0.5) is 0 Å². The summed E-state index contributed by atoms with van der Waals surface area (Å²) in [6.07, 6.45) is 1.77. The van der Waals surface area contributed by atoms with Crippen LogP contribution >= 0.6 is 11.3 Å². The molecular formula is C9H12N2O2S. The van der Waals surface area contributed by atoms with E-state index in [4.69, 9.17) is 5.11 Å². The Balaban J connectivity index is 2.42. The summed E-state index contributed by atoms with van der Waals surface area (Å²) in [6, 6.07) is 0. The van der Waals surface area contributed by atoms with Crippen LogP contribution in [0, 0.1) is 0 Å². The Labute approximate surface area is 86.3 Å². The molecule has 0 aromatic carbocycles. The van der Waals surface area contributed by atoms with Crippen molar-refractivity contribution in [3.05, 3.63) is 28.7 Å². The van der Waals surface area contributed by atoms with E-state index in [1.54, 1.807) is 11.5 Å². The second-order valence-electron chi connectivity index (χ2n) is 2.72. The van der Waals surface area contributed by atoms with Crippen LogP contribution in [0.25, 0.3) is 0 Å². The zero-order chi connectivity index (χ0) is 10.4. The number of hydrogen-bond donors (Lipinski definition) is 2. The summed E-state index contributed by atoms with van der Waals surface area (Å²) in [6.45, 7) is 4.97. The van der Waals surface area contributed by atoms with Crippen LogP contribution in [0.5, 0.6) is 0 Å². The maximum Gasteiger partial charge on any atom is 0.309 e. The lowest BCUT2D eigenvalue weighted by molar-refractivity contribution is -0.136. The molecule has 1 heterocycles. The Bertz CT molecular complexity index is 322. The molecule has 0 radical (unpaired) electrons. The van der Waals surface area contributed by atoms with Crippen molar-refractivity contribution in [2.75, 3.05) is 6.54 Å². The van der Waals surface area contributed by atoms with Crippen molar-refractivity contribution in [2.45, 2.75) is 13.0 Å². The normalized spacial score (nSPS) is 10.0. The second kappa shape index (κ2) is 5.51. The average molecular weight is 212 g/mol. The number of aliphatic carboxylic acids is 1. The van der Waals surface area contributed by atoms with Crippen LogP contribution in [0.2, 0.25) is 0 Å². The molecule has 0 spiro atoms. The molecule has 0 bridgehead atoms. The summed E-state index contributed by atoms with van der Waals surface area (Å²) in [5, 5.41) is 14.3. The van der Waals surface area contributed by atoms with E-state index in [1.165, 1.54) is 11.3 Å². The van der Waals surface area contributed by atoms with E-state index in [2.05, 4.69) is 16.9 Å². The van der Waals surface area contributed by atoms with Crippen molar-refractivity contribution < 1.29 is 9.90 Å². The first-order chi connectivity index (χ1) is 6.72. The van der Waals surface area contributed by atoms with Crippen molar-refractivity contribution in [2.24, 2.45) is 0 Å². The molecule has 0 atom stereocenters. The first kappa shape index (κ1) is 10.9. The van der Waals surface area contributed by atoms with Crippen molar-refractivity contribution in [1.29, 1.82) is 0 Å². The average Bonchev–Trinajstić information content (AvgIpc) is 2.52. The Morgan fingerprint density at radius 1 is 1.79 bits per heavy atom. The van der Waals surface area contributed by atoms with E-state index in [1.807, 2.05) is 0 Å². The van der Waals surface area contributed by atoms with Gasteiger partial charge >= 0.3 is 5.97 Å². The number of nitrogens with one attached hydrogen (secondary N) is 1. The molecule has 0 amide bonds. The van der Waals surface area contributed by atoms with Crippen LogP contribution < -0.4 is 5.32 Å². The summed E-state index contributed by atoms with van der Waals surface area (Å²) in [4.78, 5) is 14.5. The molecule has 1 aromatic heterocycles. The van der Waals surface area contributed by atoms with Gasteiger partial charge in [-0.3, -0.25) is 4.79 Å². The molecule has 0 aliphatic rings. The van der Waals surface area contributed by atoms with E-state index in [0.717, 1.165) is 11.6 Å². The minimum atomic E-state index is -0.846. The summed E-state index contributed by atoms with van der Waals surface area (Å²) < 4.78 is 0. The molecule has 0 aliphatic carbocycles. The lowest BCUT2D eigenvalue weighted by Crippen LogP contribution is -2.12. The van der Waals surface area contributed by atoms with Gasteiger partial charge in [0.1, 0.15) is 5.01 Å². The highest BCUT2D eigenvalue weighted by Crippen LogP contribution is 2.09. The van der Waals surface area contributed by atoms with E-state index >= 15 is 0 Å². The summed E-state index contributed by atoms with van der Waals surface area (Å²) in [5.74, 6) is -0.846. The van der Waals surface area contributed by atoms with Crippen molar-refractivity contribution >= 4 is 17.3 Å². The fourth-order valence-corrected chi connectivity index (χ4v) is 1.71. The van der Waals surface area contributed by atoms with Gasteiger partial charge in [-0.05, 0) is 0 Å². The van der Waals surface area contributed by atoms with Gasteiger partial charge in [-0.2, -0.15) is 0 Å². The summed E-state index contributed by atoms with van der Waals surface area (Å²) in [7, 11) is 0. The molecule has 2 N–H and O–H groups in total.